The molecule has 0 aromatic heterocycles. The highest BCUT2D eigenvalue weighted by Crippen LogP contribution is 2.11. The summed E-state index contributed by atoms with van der Waals surface area (Å²) >= 11 is 0. The van der Waals surface area contributed by atoms with E-state index < -0.39 is 17.9 Å². The smallest absolute Gasteiger partial charge is 0.326 e. The van der Waals surface area contributed by atoms with Crippen LogP contribution in [-0.4, -0.2) is 35.5 Å². The quantitative estimate of drug-likeness (QED) is 0.713. The number of carboxylic acid groups (broad SMARTS) is 1. The Morgan fingerprint density at radius 1 is 1.04 bits per heavy atom. The Balaban J connectivity index is 2.71. The summed E-state index contributed by atoms with van der Waals surface area (Å²) in [6.45, 7) is 8.47. The van der Waals surface area contributed by atoms with Crippen molar-refractivity contribution >= 4 is 17.8 Å². The third-order valence-electron chi connectivity index (χ3n) is 3.37. The Morgan fingerprint density at radius 3 is 1.96 bits per heavy atom. The van der Waals surface area contributed by atoms with Crippen molar-refractivity contribution in [3.8, 4) is 0 Å². The third-order valence-corrected chi connectivity index (χ3v) is 3.37. The number of rotatable bonds is 7. The van der Waals surface area contributed by atoms with Crippen LogP contribution in [0.1, 0.15) is 61.3 Å². The molecule has 132 valence electrons. The van der Waals surface area contributed by atoms with Gasteiger partial charge in [0.15, 0.2) is 0 Å². The maximum absolute atomic E-state index is 12.1. The summed E-state index contributed by atoms with van der Waals surface area (Å²) in [6.07, 6.45) is 1.03. The summed E-state index contributed by atoms with van der Waals surface area (Å²) in [4.78, 5) is 35.2. The molecule has 2 amide bonds. The Morgan fingerprint density at radius 2 is 1.54 bits per heavy atom. The highest BCUT2D eigenvalue weighted by atomic mass is 16.4. The van der Waals surface area contributed by atoms with Crippen LogP contribution >= 0.6 is 0 Å². The molecule has 1 atom stereocenters. The number of hydrogen-bond acceptors (Lipinski definition) is 3. The number of nitrogens with one attached hydrogen (secondary N) is 2. The Bertz CT molecular complexity index is 588. The second-order valence-corrected chi connectivity index (χ2v) is 6.97. The molecule has 6 heteroatoms. The van der Waals surface area contributed by atoms with Gasteiger partial charge in [-0.05, 0) is 36.1 Å². The summed E-state index contributed by atoms with van der Waals surface area (Å²) in [6, 6.07) is 5.25. The van der Waals surface area contributed by atoms with Crippen LogP contribution in [0.3, 0.4) is 0 Å². The van der Waals surface area contributed by atoms with Crippen LogP contribution in [0.25, 0.3) is 0 Å². The lowest BCUT2D eigenvalue weighted by Crippen LogP contribution is -2.40. The molecular weight excluding hydrogens is 308 g/mol. The molecule has 0 fully saturated rings. The van der Waals surface area contributed by atoms with Gasteiger partial charge in [-0.2, -0.15) is 0 Å². The molecule has 1 aromatic rings. The van der Waals surface area contributed by atoms with Gasteiger partial charge in [-0.25, -0.2) is 4.79 Å². The lowest BCUT2D eigenvalue weighted by molar-refractivity contribution is -0.139. The summed E-state index contributed by atoms with van der Waals surface area (Å²) in [5.74, 6) is -1.72. The molecule has 0 spiro atoms. The van der Waals surface area contributed by atoms with Gasteiger partial charge >= 0.3 is 5.97 Å². The lowest BCUT2D eigenvalue weighted by Gasteiger charge is -2.18. The SMILES string of the molecule is CCCC(NC(=O)c1ccc(C(=O)NCC(C)(C)C)cc1)C(=O)O. The minimum atomic E-state index is -1.05. The van der Waals surface area contributed by atoms with Gasteiger partial charge in [0, 0.05) is 17.7 Å². The van der Waals surface area contributed by atoms with Crippen LogP contribution in [0.15, 0.2) is 24.3 Å². The fourth-order valence-electron chi connectivity index (χ4n) is 2.01. The fourth-order valence-corrected chi connectivity index (χ4v) is 2.01. The van der Waals surface area contributed by atoms with E-state index in [0.717, 1.165) is 0 Å². The molecule has 0 saturated carbocycles. The highest BCUT2D eigenvalue weighted by Gasteiger charge is 2.20. The number of carboxylic acids is 1. The molecule has 0 aliphatic rings. The summed E-state index contributed by atoms with van der Waals surface area (Å²) in [7, 11) is 0. The van der Waals surface area contributed by atoms with E-state index in [1.807, 2.05) is 27.7 Å². The van der Waals surface area contributed by atoms with Crippen LogP contribution in [0.5, 0.6) is 0 Å². The minimum Gasteiger partial charge on any atom is -0.480 e. The van der Waals surface area contributed by atoms with Crippen LogP contribution < -0.4 is 10.6 Å². The van der Waals surface area contributed by atoms with Crippen molar-refractivity contribution in [1.82, 2.24) is 10.6 Å². The molecule has 0 heterocycles. The van der Waals surface area contributed by atoms with Crippen molar-refractivity contribution in [1.29, 1.82) is 0 Å². The average molecular weight is 334 g/mol. The zero-order valence-electron chi connectivity index (χ0n) is 14.7. The first-order chi connectivity index (χ1) is 11.1. The van der Waals surface area contributed by atoms with E-state index in [0.29, 0.717) is 30.5 Å². The van der Waals surface area contributed by atoms with Crippen LogP contribution in [0, 0.1) is 5.41 Å². The van der Waals surface area contributed by atoms with Gasteiger partial charge < -0.3 is 15.7 Å². The van der Waals surface area contributed by atoms with Crippen molar-refractivity contribution < 1.29 is 19.5 Å². The minimum absolute atomic E-state index is 0.0133. The monoisotopic (exact) mass is 334 g/mol. The van der Waals surface area contributed by atoms with E-state index in [9.17, 15) is 14.4 Å². The van der Waals surface area contributed by atoms with Crippen molar-refractivity contribution in [2.75, 3.05) is 6.54 Å². The predicted molar refractivity (Wildman–Crippen MR) is 92.0 cm³/mol. The van der Waals surface area contributed by atoms with Gasteiger partial charge in [-0.1, -0.05) is 34.1 Å². The van der Waals surface area contributed by atoms with Crippen LogP contribution in [-0.2, 0) is 4.79 Å². The second kappa shape index (κ2) is 8.47. The molecule has 1 aromatic carbocycles. The van der Waals surface area contributed by atoms with Crippen molar-refractivity contribution in [2.45, 2.75) is 46.6 Å². The Labute approximate surface area is 142 Å². The first-order valence-corrected chi connectivity index (χ1v) is 8.06. The van der Waals surface area contributed by atoms with Gasteiger partial charge in [-0.15, -0.1) is 0 Å². The first-order valence-electron chi connectivity index (χ1n) is 8.06. The number of benzene rings is 1. The molecule has 0 bridgehead atoms. The van der Waals surface area contributed by atoms with Gasteiger partial charge in [-0.3, -0.25) is 9.59 Å². The number of amides is 2. The number of carbonyl (C=O) groups excluding carboxylic acids is 2. The van der Waals surface area contributed by atoms with Gasteiger partial charge in [0.25, 0.3) is 11.8 Å². The normalized spacial score (nSPS) is 12.3. The molecule has 0 radical (unpaired) electrons. The maximum atomic E-state index is 12.1. The molecular formula is C18H26N2O4. The molecule has 1 rings (SSSR count). The average Bonchev–Trinajstić information content (AvgIpc) is 2.51. The van der Waals surface area contributed by atoms with Crippen molar-refractivity contribution in [2.24, 2.45) is 5.41 Å². The summed E-state index contributed by atoms with van der Waals surface area (Å²) in [5, 5.41) is 14.4. The zero-order chi connectivity index (χ0) is 18.3. The molecule has 6 nitrogen and oxygen atoms in total. The Hall–Kier alpha value is -2.37. The standard InChI is InChI=1S/C18H26N2O4/c1-5-6-14(17(23)24)20-16(22)13-9-7-12(8-10-13)15(21)19-11-18(2,3)4/h7-10,14H,5-6,11H2,1-4H3,(H,19,21)(H,20,22)(H,23,24). The topological polar surface area (TPSA) is 95.5 Å². The number of hydrogen-bond donors (Lipinski definition) is 3. The molecule has 0 aliphatic heterocycles. The predicted octanol–water partition coefficient (Wildman–Crippen LogP) is 2.45. The van der Waals surface area contributed by atoms with E-state index in [4.69, 9.17) is 5.11 Å². The van der Waals surface area contributed by atoms with Crippen LogP contribution in [0.2, 0.25) is 0 Å². The molecule has 1 unspecified atom stereocenters. The van der Waals surface area contributed by atoms with Crippen molar-refractivity contribution in [3.05, 3.63) is 35.4 Å². The fraction of sp³-hybridized carbons (Fsp3) is 0.500. The van der Waals surface area contributed by atoms with Crippen LogP contribution in [0.4, 0.5) is 0 Å². The lowest BCUT2D eigenvalue weighted by atomic mass is 9.97. The largest absolute Gasteiger partial charge is 0.480 e. The highest BCUT2D eigenvalue weighted by molar-refractivity contribution is 5.99. The van der Waals surface area contributed by atoms with E-state index in [1.54, 1.807) is 12.1 Å². The van der Waals surface area contributed by atoms with Crippen molar-refractivity contribution in [3.63, 3.8) is 0 Å². The molecule has 24 heavy (non-hydrogen) atoms. The molecule has 0 saturated heterocycles. The van der Waals surface area contributed by atoms with E-state index in [2.05, 4.69) is 10.6 Å². The molecule has 3 N–H and O–H groups in total. The van der Waals surface area contributed by atoms with Gasteiger partial charge in [0.1, 0.15) is 6.04 Å². The molecule has 0 aliphatic carbocycles. The Kier molecular flexibility index (Phi) is 6.95. The van der Waals surface area contributed by atoms with E-state index in [1.165, 1.54) is 12.1 Å². The third kappa shape index (κ3) is 6.40. The summed E-state index contributed by atoms with van der Waals surface area (Å²) < 4.78 is 0. The first kappa shape index (κ1) is 19.7. The zero-order valence-corrected chi connectivity index (χ0v) is 14.7. The number of aliphatic carboxylic acids is 1. The number of carbonyl (C=O) groups is 3. The maximum Gasteiger partial charge on any atom is 0.326 e. The second-order valence-electron chi connectivity index (χ2n) is 6.97. The van der Waals surface area contributed by atoms with Gasteiger partial charge in [0.05, 0.1) is 0 Å². The van der Waals surface area contributed by atoms with E-state index in [-0.39, 0.29) is 11.3 Å². The van der Waals surface area contributed by atoms with Gasteiger partial charge in [0.2, 0.25) is 0 Å². The van der Waals surface area contributed by atoms with E-state index >= 15 is 0 Å². The summed E-state index contributed by atoms with van der Waals surface area (Å²) in [5.41, 5.74) is 0.768.